The van der Waals surface area contributed by atoms with Crippen molar-refractivity contribution in [1.29, 1.82) is 0 Å². The molecule has 1 N–H and O–H groups in total. The predicted molar refractivity (Wildman–Crippen MR) is 85.3 cm³/mol. The van der Waals surface area contributed by atoms with E-state index in [0.29, 0.717) is 19.4 Å². The van der Waals surface area contributed by atoms with Crippen LogP contribution in [-0.2, 0) is 14.6 Å². The summed E-state index contributed by atoms with van der Waals surface area (Å²) in [4.78, 5) is 0. The quantitative estimate of drug-likeness (QED) is 0.819. The summed E-state index contributed by atoms with van der Waals surface area (Å²) in [7, 11) is 0.307. The monoisotopic (exact) mass is 311 g/mol. The van der Waals surface area contributed by atoms with Gasteiger partial charge in [0.05, 0.1) is 11.0 Å². The van der Waals surface area contributed by atoms with Gasteiger partial charge in [0.25, 0.3) is 0 Å². The van der Waals surface area contributed by atoms with Gasteiger partial charge in [0.1, 0.15) is 0 Å². The number of hydrogen-bond acceptors (Lipinski definition) is 4. The molecule has 0 aliphatic heterocycles. The highest BCUT2D eigenvalue weighted by molar-refractivity contribution is 7.92. The Morgan fingerprint density at radius 3 is 2.57 bits per heavy atom. The molecule has 1 aromatic carbocycles. The van der Waals surface area contributed by atoms with Gasteiger partial charge in [-0.2, -0.15) is 0 Å². The summed E-state index contributed by atoms with van der Waals surface area (Å²) in [6.07, 6.45) is 1.24. The number of sulfone groups is 1. The van der Waals surface area contributed by atoms with E-state index < -0.39 is 9.84 Å². The van der Waals surface area contributed by atoms with E-state index in [-0.39, 0.29) is 23.0 Å². The predicted octanol–water partition coefficient (Wildman–Crippen LogP) is 2.27. The first-order chi connectivity index (χ1) is 10.0. The average Bonchev–Trinajstić information content (AvgIpc) is 2.47. The minimum atomic E-state index is -3.13. The van der Waals surface area contributed by atoms with E-state index in [1.165, 1.54) is 5.56 Å². The van der Waals surface area contributed by atoms with E-state index in [4.69, 9.17) is 4.74 Å². The van der Waals surface area contributed by atoms with Crippen LogP contribution in [-0.4, -0.2) is 40.2 Å². The molecule has 0 radical (unpaired) electrons. The molecular weight excluding hydrogens is 286 g/mol. The highest BCUT2D eigenvalue weighted by Gasteiger charge is 2.39. The zero-order valence-electron chi connectivity index (χ0n) is 13.0. The number of hydrogen-bond donors (Lipinski definition) is 1. The molecule has 1 aromatic rings. The van der Waals surface area contributed by atoms with Crippen molar-refractivity contribution in [2.24, 2.45) is 0 Å². The second-order valence-electron chi connectivity index (χ2n) is 5.78. The minimum Gasteiger partial charge on any atom is -0.385 e. The lowest BCUT2D eigenvalue weighted by Crippen LogP contribution is -2.41. The molecule has 1 aliphatic rings. The molecule has 0 heterocycles. The highest BCUT2D eigenvalue weighted by atomic mass is 32.2. The fourth-order valence-corrected chi connectivity index (χ4v) is 5.41. The summed E-state index contributed by atoms with van der Waals surface area (Å²) in [5, 5.41) is 2.86. The van der Waals surface area contributed by atoms with Gasteiger partial charge in [0.15, 0.2) is 9.84 Å². The largest absolute Gasteiger partial charge is 0.385 e. The molecule has 3 unspecified atom stereocenters. The zero-order chi connectivity index (χ0) is 15.5. The van der Waals surface area contributed by atoms with Crippen LogP contribution in [0, 0.1) is 0 Å². The highest BCUT2D eigenvalue weighted by Crippen LogP contribution is 2.40. The summed E-state index contributed by atoms with van der Waals surface area (Å²) in [6.45, 7) is 2.60. The smallest absolute Gasteiger partial charge is 0.155 e. The molecule has 0 saturated heterocycles. The van der Waals surface area contributed by atoms with E-state index in [2.05, 4.69) is 18.3 Å². The van der Waals surface area contributed by atoms with E-state index in [0.717, 1.165) is 5.56 Å². The average molecular weight is 311 g/mol. The van der Waals surface area contributed by atoms with Crippen molar-refractivity contribution < 1.29 is 13.2 Å². The third-order valence-corrected chi connectivity index (χ3v) is 6.61. The Morgan fingerprint density at radius 2 is 1.95 bits per heavy atom. The minimum absolute atomic E-state index is 0.120. The summed E-state index contributed by atoms with van der Waals surface area (Å²) >= 11 is 0. The fourth-order valence-electron chi connectivity index (χ4n) is 3.31. The van der Waals surface area contributed by atoms with Crippen LogP contribution < -0.4 is 5.32 Å². The van der Waals surface area contributed by atoms with Crippen LogP contribution in [0.15, 0.2) is 24.3 Å². The second-order valence-corrected chi connectivity index (χ2v) is 8.12. The van der Waals surface area contributed by atoms with Gasteiger partial charge in [0.2, 0.25) is 0 Å². The van der Waals surface area contributed by atoms with Gasteiger partial charge in [-0.15, -0.1) is 0 Å². The Kier molecular flexibility index (Phi) is 5.41. The van der Waals surface area contributed by atoms with Crippen LogP contribution in [0.3, 0.4) is 0 Å². The Balaban J connectivity index is 2.29. The van der Waals surface area contributed by atoms with Gasteiger partial charge < -0.3 is 10.1 Å². The van der Waals surface area contributed by atoms with E-state index in [9.17, 15) is 8.42 Å². The van der Waals surface area contributed by atoms with E-state index in [1.54, 1.807) is 7.11 Å². The summed E-state index contributed by atoms with van der Waals surface area (Å²) in [5.41, 5.74) is 2.39. The number of rotatable bonds is 6. The fraction of sp³-hybridized carbons (Fsp3) is 0.625. The number of nitrogens with one attached hydrogen (secondary N) is 1. The lowest BCUT2D eigenvalue weighted by Gasteiger charge is -2.36. The molecule has 0 amide bonds. The molecule has 5 heteroatoms. The van der Waals surface area contributed by atoms with Crippen LogP contribution in [0.4, 0.5) is 0 Å². The maximum atomic E-state index is 12.7. The van der Waals surface area contributed by atoms with Crippen LogP contribution in [0.5, 0.6) is 0 Å². The maximum Gasteiger partial charge on any atom is 0.155 e. The molecule has 2 rings (SSSR count). The molecule has 0 spiro atoms. The van der Waals surface area contributed by atoms with Gasteiger partial charge in [0, 0.05) is 19.8 Å². The molecule has 0 bridgehead atoms. The first kappa shape index (κ1) is 16.5. The Bertz CT molecular complexity index is 571. The van der Waals surface area contributed by atoms with Crippen LogP contribution in [0.25, 0.3) is 0 Å². The van der Waals surface area contributed by atoms with Gasteiger partial charge in [-0.3, -0.25) is 0 Å². The summed E-state index contributed by atoms with van der Waals surface area (Å²) < 4.78 is 30.4. The summed E-state index contributed by atoms with van der Waals surface area (Å²) in [6, 6.07) is 8.04. The van der Waals surface area contributed by atoms with Crippen molar-refractivity contribution in [1.82, 2.24) is 5.32 Å². The van der Waals surface area contributed by atoms with Gasteiger partial charge in [-0.25, -0.2) is 8.42 Å². The number of ether oxygens (including phenoxy) is 1. The van der Waals surface area contributed by atoms with Crippen molar-refractivity contribution in [2.45, 2.75) is 37.0 Å². The van der Waals surface area contributed by atoms with Crippen molar-refractivity contribution in [3.05, 3.63) is 35.4 Å². The standard InChI is InChI=1S/C16H25NO3S/c1-12-11-15(21(18,19)10-6-9-20-3)16(17-2)14-8-5-4-7-13(12)14/h4-5,7-8,12,15-17H,6,9-11H2,1-3H3. The van der Waals surface area contributed by atoms with E-state index >= 15 is 0 Å². The SMILES string of the molecule is CNC1c2ccccc2C(C)CC1S(=O)(=O)CCCOC. The van der Waals surface area contributed by atoms with Crippen molar-refractivity contribution >= 4 is 9.84 Å². The molecule has 4 nitrogen and oxygen atoms in total. The third kappa shape index (κ3) is 3.47. The van der Waals surface area contributed by atoms with Crippen LogP contribution in [0.2, 0.25) is 0 Å². The summed E-state index contributed by atoms with van der Waals surface area (Å²) in [5.74, 6) is 0.464. The lowest BCUT2D eigenvalue weighted by atomic mass is 9.81. The molecule has 0 saturated carbocycles. The van der Waals surface area contributed by atoms with Gasteiger partial charge in [-0.05, 0) is 36.9 Å². The molecule has 1 aliphatic carbocycles. The number of methoxy groups -OCH3 is 1. The van der Waals surface area contributed by atoms with Crippen molar-refractivity contribution in [3.63, 3.8) is 0 Å². The lowest BCUT2D eigenvalue weighted by molar-refractivity contribution is 0.199. The van der Waals surface area contributed by atoms with E-state index in [1.807, 2.05) is 25.2 Å². The second kappa shape index (κ2) is 6.90. The first-order valence-electron chi connectivity index (χ1n) is 7.48. The van der Waals surface area contributed by atoms with Crippen molar-refractivity contribution in [3.8, 4) is 0 Å². The third-order valence-electron chi connectivity index (χ3n) is 4.37. The number of benzene rings is 1. The number of fused-ring (bicyclic) bond motifs is 1. The Labute approximate surface area is 127 Å². The van der Waals surface area contributed by atoms with Crippen LogP contribution in [0.1, 0.15) is 42.9 Å². The van der Waals surface area contributed by atoms with Crippen molar-refractivity contribution in [2.75, 3.05) is 26.5 Å². The van der Waals surface area contributed by atoms with Crippen LogP contribution >= 0.6 is 0 Å². The Hall–Kier alpha value is -0.910. The molecule has 0 aromatic heterocycles. The molecule has 118 valence electrons. The first-order valence-corrected chi connectivity index (χ1v) is 9.19. The molecule has 3 atom stereocenters. The molecule has 21 heavy (non-hydrogen) atoms. The van der Waals surface area contributed by atoms with Gasteiger partial charge in [-0.1, -0.05) is 31.2 Å². The molecular formula is C16H25NO3S. The van der Waals surface area contributed by atoms with Gasteiger partial charge >= 0.3 is 0 Å². The topological polar surface area (TPSA) is 55.4 Å². The Morgan fingerprint density at radius 1 is 1.29 bits per heavy atom. The normalized spacial score (nSPS) is 25.6. The molecule has 0 fully saturated rings. The maximum absolute atomic E-state index is 12.7. The zero-order valence-corrected chi connectivity index (χ0v) is 13.8.